The fraction of sp³-hybridized carbons (Fsp3) is 0.333. The maximum Gasteiger partial charge on any atom is 0.226 e. The van der Waals surface area contributed by atoms with E-state index >= 15 is 0 Å². The van der Waals surface area contributed by atoms with E-state index in [9.17, 15) is 13.6 Å². The lowest BCUT2D eigenvalue weighted by Crippen LogP contribution is -2.38. The molecule has 0 aromatic heterocycles. The van der Waals surface area contributed by atoms with Gasteiger partial charge < -0.3 is 9.74 Å². The van der Waals surface area contributed by atoms with Gasteiger partial charge in [-0.1, -0.05) is 29.4 Å². The summed E-state index contributed by atoms with van der Waals surface area (Å²) in [6, 6.07) is 12.5. The standard InChI is InChI=1S/C21H20F2N2O2/c22-17-5-1-3-14(9-17)12-25(21(26)15-7-8-15)13-19-11-20(24-27-19)16-4-2-6-18(23)10-16/h1-6,9-10,15,19H,7-8,11-13H2/t19-/m1/s1. The second kappa shape index (κ2) is 7.47. The van der Waals surface area contributed by atoms with Crippen molar-refractivity contribution in [1.29, 1.82) is 0 Å². The number of nitrogens with zero attached hydrogens (tertiary/aromatic N) is 2. The summed E-state index contributed by atoms with van der Waals surface area (Å²) in [6.45, 7) is 0.705. The monoisotopic (exact) mass is 370 g/mol. The van der Waals surface area contributed by atoms with Crippen molar-refractivity contribution in [2.45, 2.75) is 31.9 Å². The van der Waals surface area contributed by atoms with Crippen molar-refractivity contribution in [3.05, 3.63) is 71.3 Å². The minimum atomic E-state index is -0.324. The second-order valence-electron chi connectivity index (χ2n) is 7.10. The van der Waals surface area contributed by atoms with Crippen LogP contribution in [0.2, 0.25) is 0 Å². The van der Waals surface area contributed by atoms with Gasteiger partial charge in [-0.25, -0.2) is 8.78 Å². The first kappa shape index (κ1) is 17.6. The molecule has 4 nitrogen and oxygen atoms in total. The highest BCUT2D eigenvalue weighted by Crippen LogP contribution is 2.32. The number of carbonyl (C=O) groups is 1. The summed E-state index contributed by atoms with van der Waals surface area (Å²) in [5.74, 6) is -0.513. The Labute approximate surface area is 156 Å². The predicted octanol–water partition coefficient (Wildman–Crippen LogP) is 3.90. The molecule has 0 unspecified atom stereocenters. The molecule has 0 N–H and O–H groups in total. The van der Waals surface area contributed by atoms with Gasteiger partial charge in [0, 0.05) is 24.4 Å². The van der Waals surface area contributed by atoms with Crippen LogP contribution in [0.4, 0.5) is 8.78 Å². The molecule has 2 aromatic carbocycles. The van der Waals surface area contributed by atoms with Gasteiger partial charge in [-0.05, 0) is 42.7 Å². The van der Waals surface area contributed by atoms with Gasteiger partial charge in [0.1, 0.15) is 11.6 Å². The number of hydrogen-bond acceptors (Lipinski definition) is 3. The number of rotatable bonds is 6. The molecule has 0 spiro atoms. The van der Waals surface area contributed by atoms with Gasteiger partial charge in [-0.15, -0.1) is 0 Å². The van der Waals surface area contributed by atoms with Gasteiger partial charge >= 0.3 is 0 Å². The Morgan fingerprint density at radius 2 is 1.85 bits per heavy atom. The average molecular weight is 370 g/mol. The zero-order chi connectivity index (χ0) is 18.8. The Morgan fingerprint density at radius 3 is 2.56 bits per heavy atom. The second-order valence-corrected chi connectivity index (χ2v) is 7.10. The van der Waals surface area contributed by atoms with Crippen molar-refractivity contribution >= 4 is 11.6 Å². The lowest BCUT2D eigenvalue weighted by Gasteiger charge is -2.25. The normalized spacial score (nSPS) is 18.7. The van der Waals surface area contributed by atoms with Crippen LogP contribution in [-0.4, -0.2) is 29.2 Å². The highest BCUT2D eigenvalue weighted by atomic mass is 19.1. The molecule has 1 aliphatic heterocycles. The van der Waals surface area contributed by atoms with Crippen molar-refractivity contribution in [2.24, 2.45) is 11.1 Å². The molecule has 140 valence electrons. The van der Waals surface area contributed by atoms with E-state index in [0.717, 1.165) is 18.4 Å². The first-order valence-corrected chi connectivity index (χ1v) is 9.10. The zero-order valence-corrected chi connectivity index (χ0v) is 14.8. The summed E-state index contributed by atoms with van der Waals surface area (Å²) in [5.41, 5.74) is 2.10. The molecule has 2 aliphatic rings. The third-order valence-corrected chi connectivity index (χ3v) is 4.82. The fourth-order valence-electron chi connectivity index (χ4n) is 3.29. The van der Waals surface area contributed by atoms with Crippen molar-refractivity contribution in [3.63, 3.8) is 0 Å². The fourth-order valence-corrected chi connectivity index (χ4v) is 3.29. The summed E-state index contributed by atoms with van der Waals surface area (Å²) < 4.78 is 26.9. The number of hydrogen-bond donors (Lipinski definition) is 0. The number of oxime groups is 1. The average Bonchev–Trinajstić information content (AvgIpc) is 3.39. The number of carbonyl (C=O) groups excluding carboxylic acids is 1. The van der Waals surface area contributed by atoms with Crippen LogP contribution in [0.15, 0.2) is 53.7 Å². The summed E-state index contributed by atoms with van der Waals surface area (Å²) >= 11 is 0. The molecule has 0 saturated heterocycles. The molecule has 1 aliphatic carbocycles. The van der Waals surface area contributed by atoms with E-state index < -0.39 is 0 Å². The van der Waals surface area contributed by atoms with Gasteiger partial charge in [0.2, 0.25) is 5.91 Å². The van der Waals surface area contributed by atoms with Crippen LogP contribution in [0.5, 0.6) is 0 Å². The smallest absolute Gasteiger partial charge is 0.226 e. The SMILES string of the molecule is O=C(C1CC1)N(Cc1cccc(F)c1)C[C@H]1CC(c2cccc(F)c2)=NO1. The number of halogens is 2. The topological polar surface area (TPSA) is 41.9 Å². The molecule has 0 radical (unpaired) electrons. The van der Waals surface area contributed by atoms with Crippen LogP contribution < -0.4 is 0 Å². The minimum absolute atomic E-state index is 0.0589. The lowest BCUT2D eigenvalue weighted by molar-refractivity contribution is -0.135. The van der Waals surface area contributed by atoms with E-state index in [-0.39, 0.29) is 29.6 Å². The first-order chi connectivity index (χ1) is 13.1. The lowest BCUT2D eigenvalue weighted by atomic mass is 10.0. The first-order valence-electron chi connectivity index (χ1n) is 9.10. The molecule has 1 heterocycles. The summed E-state index contributed by atoms with van der Waals surface area (Å²) in [5, 5.41) is 4.07. The van der Waals surface area contributed by atoms with Crippen LogP contribution >= 0.6 is 0 Å². The summed E-state index contributed by atoms with van der Waals surface area (Å²) in [6.07, 6.45) is 2.00. The minimum Gasteiger partial charge on any atom is -0.390 e. The van der Waals surface area contributed by atoms with Crippen LogP contribution in [0, 0.1) is 17.6 Å². The molecule has 27 heavy (non-hydrogen) atoms. The van der Waals surface area contributed by atoms with Gasteiger partial charge in [0.25, 0.3) is 0 Å². The Bertz CT molecular complexity index is 880. The highest BCUT2D eigenvalue weighted by Gasteiger charge is 2.35. The molecule has 1 amide bonds. The molecule has 1 atom stereocenters. The Morgan fingerprint density at radius 1 is 1.11 bits per heavy atom. The molecular formula is C21H20F2N2O2. The third-order valence-electron chi connectivity index (χ3n) is 4.82. The van der Waals surface area contributed by atoms with E-state index in [1.54, 1.807) is 29.2 Å². The Hall–Kier alpha value is -2.76. The number of benzene rings is 2. The Kier molecular flexibility index (Phi) is 4.88. The van der Waals surface area contributed by atoms with Gasteiger partial charge in [-0.2, -0.15) is 0 Å². The quantitative estimate of drug-likeness (QED) is 0.774. The van der Waals surface area contributed by atoms with Crippen LogP contribution in [-0.2, 0) is 16.2 Å². The van der Waals surface area contributed by atoms with Gasteiger partial charge in [0.15, 0.2) is 6.10 Å². The van der Waals surface area contributed by atoms with Crippen molar-refractivity contribution in [1.82, 2.24) is 4.90 Å². The van der Waals surface area contributed by atoms with E-state index in [4.69, 9.17) is 4.84 Å². The van der Waals surface area contributed by atoms with Crippen molar-refractivity contribution in [3.8, 4) is 0 Å². The summed E-state index contributed by atoms with van der Waals surface area (Å²) in [4.78, 5) is 19.9. The molecular weight excluding hydrogens is 350 g/mol. The summed E-state index contributed by atoms with van der Waals surface area (Å²) in [7, 11) is 0. The molecule has 1 fully saturated rings. The molecule has 0 bridgehead atoms. The highest BCUT2D eigenvalue weighted by molar-refractivity contribution is 6.01. The third kappa shape index (κ3) is 4.32. The van der Waals surface area contributed by atoms with Crippen LogP contribution in [0.1, 0.15) is 30.4 Å². The predicted molar refractivity (Wildman–Crippen MR) is 97.0 cm³/mol. The van der Waals surface area contributed by atoms with Crippen LogP contribution in [0.3, 0.4) is 0 Å². The van der Waals surface area contributed by atoms with Crippen molar-refractivity contribution in [2.75, 3.05) is 6.54 Å². The van der Waals surface area contributed by atoms with Gasteiger partial charge in [-0.3, -0.25) is 4.79 Å². The molecule has 1 saturated carbocycles. The van der Waals surface area contributed by atoms with Gasteiger partial charge in [0.05, 0.1) is 12.3 Å². The van der Waals surface area contributed by atoms with E-state index in [1.807, 2.05) is 0 Å². The Balaban J connectivity index is 1.43. The number of amides is 1. The molecule has 2 aromatic rings. The molecule has 4 rings (SSSR count). The zero-order valence-electron chi connectivity index (χ0n) is 14.8. The van der Waals surface area contributed by atoms with E-state index in [2.05, 4.69) is 5.16 Å². The largest absolute Gasteiger partial charge is 0.390 e. The maximum atomic E-state index is 13.5. The maximum absolute atomic E-state index is 13.5. The van der Waals surface area contributed by atoms with Crippen molar-refractivity contribution < 1.29 is 18.4 Å². The van der Waals surface area contributed by atoms with E-state index in [0.29, 0.717) is 30.8 Å². The van der Waals surface area contributed by atoms with Crippen LogP contribution in [0.25, 0.3) is 0 Å². The molecule has 6 heteroatoms. The van der Waals surface area contributed by atoms with E-state index in [1.165, 1.54) is 24.3 Å².